The number of fused-ring (bicyclic) bond motifs is 3. The van der Waals surface area contributed by atoms with Gasteiger partial charge >= 0.3 is 0 Å². The van der Waals surface area contributed by atoms with E-state index >= 15 is 0 Å². The van der Waals surface area contributed by atoms with Crippen LogP contribution in [0.25, 0.3) is 10.9 Å². The van der Waals surface area contributed by atoms with Gasteiger partial charge < -0.3 is 9.88 Å². The van der Waals surface area contributed by atoms with Gasteiger partial charge in [0.1, 0.15) is 11.7 Å². The summed E-state index contributed by atoms with van der Waals surface area (Å²) in [4.78, 5) is 40.5. The minimum atomic E-state index is -0.576. The number of nitrogens with one attached hydrogen (secondary N) is 2. The number of carbonyl (C=O) groups is 3. The molecular weight excluding hydrogens is 350 g/mol. The summed E-state index contributed by atoms with van der Waals surface area (Å²) >= 11 is 3.47. The summed E-state index contributed by atoms with van der Waals surface area (Å²) in [6, 6.07) is 5.21. The Balaban J connectivity index is 1.72. The average molecular weight is 362 g/mol. The van der Waals surface area contributed by atoms with Crippen LogP contribution in [0.2, 0.25) is 0 Å². The Bertz CT molecular complexity index is 842. The molecule has 0 aliphatic carbocycles. The molecule has 1 fully saturated rings. The minimum Gasteiger partial charge on any atom is -0.349 e. The molecule has 1 atom stereocenters. The van der Waals surface area contributed by atoms with E-state index in [1.807, 2.05) is 18.2 Å². The van der Waals surface area contributed by atoms with Crippen LogP contribution < -0.4 is 5.32 Å². The van der Waals surface area contributed by atoms with Gasteiger partial charge in [-0.3, -0.25) is 19.7 Å². The SMILES string of the molecule is O=C1CCC(N2Cc3c([nH]c4c(Br)cccc34)C2=O)C(=O)N1. The Labute approximate surface area is 134 Å². The average Bonchev–Trinajstić information content (AvgIpc) is 2.99. The van der Waals surface area contributed by atoms with Crippen LogP contribution in [0.15, 0.2) is 22.7 Å². The number of halogens is 1. The fourth-order valence-electron chi connectivity index (χ4n) is 3.20. The standard InChI is InChI=1S/C15H12BrN3O3/c16-9-3-1-2-7-8-6-19(15(22)13(8)18-12(7)9)10-4-5-11(20)17-14(10)21/h1-3,10,18H,4-6H2,(H,17,20,21). The molecule has 3 heterocycles. The normalized spacial score (nSPS) is 21.4. The zero-order valence-electron chi connectivity index (χ0n) is 11.5. The third-order valence-electron chi connectivity index (χ3n) is 4.28. The van der Waals surface area contributed by atoms with Crippen LogP contribution in [0.5, 0.6) is 0 Å². The molecule has 7 heteroatoms. The maximum atomic E-state index is 12.6. The molecule has 0 radical (unpaired) electrons. The Kier molecular flexibility index (Phi) is 2.87. The largest absolute Gasteiger partial charge is 0.349 e. The number of hydrogen-bond donors (Lipinski definition) is 2. The summed E-state index contributed by atoms with van der Waals surface area (Å²) in [6.45, 7) is 0.386. The molecule has 1 saturated heterocycles. The van der Waals surface area contributed by atoms with Crippen LogP contribution in [0.1, 0.15) is 28.9 Å². The van der Waals surface area contributed by atoms with Gasteiger partial charge in [0.15, 0.2) is 0 Å². The van der Waals surface area contributed by atoms with E-state index in [4.69, 9.17) is 0 Å². The van der Waals surface area contributed by atoms with Gasteiger partial charge in [-0.2, -0.15) is 0 Å². The highest BCUT2D eigenvalue weighted by molar-refractivity contribution is 9.10. The first kappa shape index (κ1) is 13.5. The Morgan fingerprint density at radius 3 is 2.82 bits per heavy atom. The number of aromatic nitrogens is 1. The highest BCUT2D eigenvalue weighted by Gasteiger charge is 2.40. The van der Waals surface area contributed by atoms with E-state index in [2.05, 4.69) is 26.2 Å². The van der Waals surface area contributed by atoms with E-state index in [0.717, 1.165) is 20.9 Å². The first-order chi connectivity index (χ1) is 10.6. The number of carbonyl (C=O) groups excluding carboxylic acids is 3. The van der Waals surface area contributed by atoms with Crippen LogP contribution in [0.4, 0.5) is 0 Å². The van der Waals surface area contributed by atoms with Crippen molar-refractivity contribution in [2.75, 3.05) is 0 Å². The van der Waals surface area contributed by atoms with Crippen molar-refractivity contribution in [3.63, 3.8) is 0 Å². The first-order valence-corrected chi connectivity index (χ1v) is 7.79. The second kappa shape index (κ2) is 4.67. The molecule has 2 aromatic rings. The fraction of sp³-hybridized carbons (Fsp3) is 0.267. The number of benzene rings is 1. The van der Waals surface area contributed by atoms with Crippen molar-refractivity contribution in [3.05, 3.63) is 33.9 Å². The van der Waals surface area contributed by atoms with Crippen molar-refractivity contribution in [2.45, 2.75) is 25.4 Å². The van der Waals surface area contributed by atoms with Crippen LogP contribution in [-0.4, -0.2) is 33.6 Å². The fourth-order valence-corrected chi connectivity index (χ4v) is 3.67. The van der Waals surface area contributed by atoms with Crippen LogP contribution >= 0.6 is 15.9 Å². The van der Waals surface area contributed by atoms with Gasteiger partial charge in [0, 0.05) is 28.4 Å². The summed E-state index contributed by atoms with van der Waals surface area (Å²) in [5.41, 5.74) is 2.33. The first-order valence-electron chi connectivity index (χ1n) is 7.00. The van der Waals surface area contributed by atoms with Gasteiger partial charge in [-0.25, -0.2) is 0 Å². The van der Waals surface area contributed by atoms with Crippen molar-refractivity contribution in [3.8, 4) is 0 Å². The van der Waals surface area contributed by atoms with E-state index in [0.29, 0.717) is 18.7 Å². The molecule has 1 unspecified atom stereocenters. The zero-order chi connectivity index (χ0) is 15.4. The molecule has 3 amide bonds. The maximum Gasteiger partial charge on any atom is 0.271 e. The number of amides is 3. The molecule has 2 N–H and O–H groups in total. The highest BCUT2D eigenvalue weighted by Crippen LogP contribution is 2.35. The molecule has 6 nitrogen and oxygen atoms in total. The highest BCUT2D eigenvalue weighted by atomic mass is 79.9. The van der Waals surface area contributed by atoms with E-state index in [9.17, 15) is 14.4 Å². The number of para-hydroxylation sites is 1. The zero-order valence-corrected chi connectivity index (χ0v) is 13.1. The van der Waals surface area contributed by atoms with E-state index in [1.165, 1.54) is 0 Å². The predicted octanol–water partition coefficient (Wildman–Crippen LogP) is 1.69. The predicted molar refractivity (Wildman–Crippen MR) is 82.0 cm³/mol. The van der Waals surface area contributed by atoms with Gasteiger partial charge in [0.25, 0.3) is 5.91 Å². The van der Waals surface area contributed by atoms with Gasteiger partial charge in [-0.1, -0.05) is 12.1 Å². The van der Waals surface area contributed by atoms with E-state index in [-0.39, 0.29) is 24.1 Å². The number of aromatic amines is 1. The third kappa shape index (κ3) is 1.81. The van der Waals surface area contributed by atoms with E-state index in [1.54, 1.807) is 4.90 Å². The van der Waals surface area contributed by atoms with Crippen LogP contribution in [-0.2, 0) is 16.1 Å². The van der Waals surface area contributed by atoms with E-state index < -0.39 is 6.04 Å². The van der Waals surface area contributed by atoms with Gasteiger partial charge in [0.05, 0.1) is 5.52 Å². The van der Waals surface area contributed by atoms with Crippen molar-refractivity contribution in [1.29, 1.82) is 0 Å². The number of nitrogens with zero attached hydrogens (tertiary/aromatic N) is 1. The quantitative estimate of drug-likeness (QED) is 0.758. The number of piperidine rings is 1. The number of rotatable bonds is 1. The molecule has 2 aliphatic heterocycles. The summed E-state index contributed by atoms with van der Waals surface area (Å²) < 4.78 is 0.903. The molecule has 0 saturated carbocycles. The lowest BCUT2D eigenvalue weighted by Crippen LogP contribution is -2.52. The molecule has 4 rings (SSSR count). The summed E-state index contributed by atoms with van der Waals surface area (Å²) in [5, 5.41) is 3.28. The van der Waals surface area contributed by atoms with Crippen molar-refractivity contribution in [1.82, 2.24) is 15.2 Å². The number of imide groups is 1. The van der Waals surface area contributed by atoms with Crippen LogP contribution in [0, 0.1) is 0 Å². The Hall–Kier alpha value is -2.15. The smallest absolute Gasteiger partial charge is 0.271 e. The monoisotopic (exact) mass is 361 g/mol. The molecule has 1 aromatic carbocycles. The summed E-state index contributed by atoms with van der Waals surface area (Å²) in [6.07, 6.45) is 0.642. The minimum absolute atomic E-state index is 0.187. The summed E-state index contributed by atoms with van der Waals surface area (Å²) in [7, 11) is 0. The molecule has 1 aromatic heterocycles. The summed E-state index contributed by atoms with van der Waals surface area (Å²) in [5.74, 6) is -0.853. The second-order valence-electron chi connectivity index (χ2n) is 5.54. The molecule has 112 valence electrons. The topological polar surface area (TPSA) is 82.3 Å². The molecule has 22 heavy (non-hydrogen) atoms. The number of H-pyrrole nitrogens is 1. The maximum absolute atomic E-state index is 12.6. The lowest BCUT2D eigenvalue weighted by Gasteiger charge is -2.29. The van der Waals surface area contributed by atoms with Crippen LogP contribution in [0.3, 0.4) is 0 Å². The lowest BCUT2D eigenvalue weighted by atomic mass is 10.0. The molecule has 2 aliphatic rings. The molecule has 0 spiro atoms. The Morgan fingerprint density at radius 2 is 2.05 bits per heavy atom. The van der Waals surface area contributed by atoms with Crippen molar-refractivity contribution in [2.24, 2.45) is 0 Å². The Morgan fingerprint density at radius 1 is 1.23 bits per heavy atom. The molecular formula is C15H12BrN3O3. The number of hydrogen-bond acceptors (Lipinski definition) is 3. The molecule has 0 bridgehead atoms. The van der Waals surface area contributed by atoms with Crippen molar-refractivity contribution >= 4 is 44.6 Å². The third-order valence-corrected chi connectivity index (χ3v) is 4.94. The van der Waals surface area contributed by atoms with Gasteiger partial charge in [-0.05, 0) is 28.4 Å². The van der Waals surface area contributed by atoms with Gasteiger partial charge in [0.2, 0.25) is 11.8 Å². The van der Waals surface area contributed by atoms with Crippen molar-refractivity contribution < 1.29 is 14.4 Å². The van der Waals surface area contributed by atoms with Gasteiger partial charge in [-0.15, -0.1) is 0 Å². The second-order valence-corrected chi connectivity index (χ2v) is 6.40. The lowest BCUT2D eigenvalue weighted by molar-refractivity contribution is -0.136.